The Hall–Kier alpha value is -4.08. The first-order chi connectivity index (χ1) is 22.8. The van der Waals surface area contributed by atoms with Crippen molar-refractivity contribution in [3.63, 3.8) is 0 Å². The van der Waals surface area contributed by atoms with Gasteiger partial charge >= 0.3 is 6.01 Å². The molecule has 47 heavy (non-hydrogen) atoms. The van der Waals surface area contributed by atoms with Crippen molar-refractivity contribution in [3.05, 3.63) is 63.6 Å². The monoisotopic (exact) mass is 640 g/mol. The van der Waals surface area contributed by atoms with Crippen molar-refractivity contribution in [2.24, 2.45) is 0 Å². The first kappa shape index (κ1) is 30.3. The molecule has 0 N–H and O–H groups in total. The van der Waals surface area contributed by atoms with Crippen LogP contribution in [-0.4, -0.2) is 87.5 Å². The number of amides is 1. The van der Waals surface area contributed by atoms with E-state index in [0.717, 1.165) is 85.5 Å². The lowest BCUT2D eigenvalue weighted by molar-refractivity contribution is -0.0857. The second-order valence-electron chi connectivity index (χ2n) is 14.1. The van der Waals surface area contributed by atoms with E-state index in [0.29, 0.717) is 63.0 Å². The Morgan fingerprint density at radius 3 is 2.94 bits per heavy atom. The number of ether oxygens (including phenoxy) is 2. The number of hydrogen-bond acceptors (Lipinski definition) is 9. The zero-order chi connectivity index (χ0) is 32.3. The van der Waals surface area contributed by atoms with E-state index in [1.54, 1.807) is 19.0 Å². The lowest BCUT2D eigenvalue weighted by Gasteiger charge is -2.43. The van der Waals surface area contributed by atoms with Gasteiger partial charge in [-0.3, -0.25) is 14.4 Å². The third kappa shape index (κ3) is 5.15. The highest BCUT2D eigenvalue weighted by molar-refractivity contribution is 5.92. The normalized spacial score (nSPS) is 26.6. The van der Waals surface area contributed by atoms with E-state index in [1.807, 2.05) is 22.9 Å². The molecule has 2 saturated heterocycles. The quantitative estimate of drug-likeness (QED) is 0.410. The summed E-state index contributed by atoms with van der Waals surface area (Å²) < 4.78 is 29.8. The highest BCUT2D eigenvalue weighted by Crippen LogP contribution is 2.47. The molecule has 0 radical (unpaired) electrons. The maximum absolute atomic E-state index is 14.6. The SMILES string of the molecule is CN(C)C(=O)c1cc2n(n1)CCCN(c1nc(OC[C@@]34CCCN3C[C@H](F)C4)nc3c1CO[C@@]1(CCCc4cccc(C#N)c41)C3)C2. The fourth-order valence-electron chi connectivity index (χ4n) is 8.72. The van der Waals surface area contributed by atoms with Crippen molar-refractivity contribution in [1.82, 2.24) is 29.5 Å². The smallest absolute Gasteiger partial charge is 0.318 e. The van der Waals surface area contributed by atoms with Gasteiger partial charge in [-0.25, -0.2) is 4.39 Å². The third-order valence-electron chi connectivity index (χ3n) is 10.9. The zero-order valence-corrected chi connectivity index (χ0v) is 27.2. The predicted molar refractivity (Wildman–Crippen MR) is 171 cm³/mol. The summed E-state index contributed by atoms with van der Waals surface area (Å²) in [5, 5.41) is 14.7. The summed E-state index contributed by atoms with van der Waals surface area (Å²) in [7, 11) is 3.46. The molecule has 246 valence electrons. The van der Waals surface area contributed by atoms with E-state index in [1.165, 1.54) is 0 Å². The number of anilines is 1. The number of aryl methyl sites for hydroxylation is 2. The molecule has 8 rings (SSSR count). The molecule has 2 fully saturated rings. The van der Waals surface area contributed by atoms with E-state index in [-0.39, 0.29) is 11.4 Å². The fraction of sp³-hybridized carbons (Fsp3) is 0.571. The summed E-state index contributed by atoms with van der Waals surface area (Å²) >= 11 is 0. The van der Waals surface area contributed by atoms with Crippen molar-refractivity contribution in [2.75, 3.05) is 45.2 Å². The van der Waals surface area contributed by atoms with E-state index < -0.39 is 11.8 Å². The zero-order valence-electron chi connectivity index (χ0n) is 27.2. The average Bonchev–Trinajstić information content (AvgIpc) is 3.69. The van der Waals surface area contributed by atoms with E-state index in [2.05, 4.69) is 27.0 Å². The minimum atomic E-state index is -0.845. The topological polar surface area (TPSA) is 113 Å². The number of halogens is 1. The fourth-order valence-corrected chi connectivity index (χ4v) is 8.72. The first-order valence-electron chi connectivity index (χ1n) is 16.9. The first-order valence-corrected chi connectivity index (χ1v) is 16.9. The number of nitrogens with zero attached hydrogens (tertiary/aromatic N) is 8. The molecule has 1 aliphatic carbocycles. The van der Waals surface area contributed by atoms with Gasteiger partial charge in [-0.05, 0) is 62.8 Å². The van der Waals surface area contributed by atoms with Gasteiger partial charge in [0.2, 0.25) is 0 Å². The van der Waals surface area contributed by atoms with Crippen molar-refractivity contribution in [2.45, 2.75) is 88.4 Å². The molecule has 1 aromatic carbocycles. The number of carbonyl (C=O) groups is 1. The van der Waals surface area contributed by atoms with Crippen LogP contribution in [0.15, 0.2) is 24.3 Å². The summed E-state index contributed by atoms with van der Waals surface area (Å²) in [4.78, 5) is 28.8. The maximum Gasteiger partial charge on any atom is 0.318 e. The van der Waals surface area contributed by atoms with Crippen molar-refractivity contribution >= 4 is 11.7 Å². The van der Waals surface area contributed by atoms with Crippen LogP contribution in [0, 0.1) is 11.3 Å². The van der Waals surface area contributed by atoms with Crippen LogP contribution in [0.5, 0.6) is 6.01 Å². The Morgan fingerprint density at radius 1 is 1.19 bits per heavy atom. The van der Waals surface area contributed by atoms with Crippen molar-refractivity contribution in [3.8, 4) is 12.1 Å². The molecule has 0 saturated carbocycles. The molecule has 3 aromatic rings. The molecule has 11 nitrogen and oxygen atoms in total. The predicted octanol–water partition coefficient (Wildman–Crippen LogP) is 3.92. The summed E-state index contributed by atoms with van der Waals surface area (Å²) in [6.45, 7) is 3.95. The number of alkyl halides is 1. The van der Waals surface area contributed by atoms with Crippen molar-refractivity contribution in [1.29, 1.82) is 5.26 Å². The average molecular weight is 641 g/mol. The van der Waals surface area contributed by atoms with Crippen LogP contribution in [0.4, 0.5) is 10.2 Å². The lowest BCUT2D eigenvalue weighted by Crippen LogP contribution is -2.44. The molecule has 5 aliphatic rings. The Kier molecular flexibility index (Phi) is 7.44. The highest BCUT2D eigenvalue weighted by atomic mass is 19.1. The van der Waals surface area contributed by atoms with Gasteiger partial charge in [-0.15, -0.1) is 0 Å². The van der Waals surface area contributed by atoms with Crippen molar-refractivity contribution < 1.29 is 18.7 Å². The molecule has 0 bridgehead atoms. The minimum Gasteiger partial charge on any atom is -0.461 e. The molecule has 1 spiro atoms. The molecular formula is C35H41FN8O3. The standard InChI is InChI=1S/C35H41FN8O3/c1-41(2)32(45)28-15-26-20-42(12-6-14-44(26)40-28)31-27-21-47-35(11-4-9-23-7-3-8-24(18-37)30(23)35)17-29(27)38-33(39-31)46-22-34-10-5-13-43(34)19-25(36)16-34/h3,7-8,15,25H,4-6,9-14,16-17,19-22H2,1-2H3/t25-,34+,35+/m1/s1. The summed E-state index contributed by atoms with van der Waals surface area (Å²) in [5.74, 6) is 0.633. The summed E-state index contributed by atoms with van der Waals surface area (Å²) in [6, 6.07) is 10.5. The van der Waals surface area contributed by atoms with Crippen LogP contribution in [0.25, 0.3) is 0 Å². The van der Waals surface area contributed by atoms with Gasteiger partial charge in [0.25, 0.3) is 5.91 Å². The van der Waals surface area contributed by atoms with Gasteiger partial charge in [0, 0.05) is 57.7 Å². The van der Waals surface area contributed by atoms with Gasteiger partial charge in [0.05, 0.1) is 41.7 Å². The van der Waals surface area contributed by atoms with E-state index >= 15 is 0 Å². The van der Waals surface area contributed by atoms with Gasteiger partial charge in [0.15, 0.2) is 5.69 Å². The molecule has 12 heteroatoms. The number of rotatable bonds is 5. The van der Waals surface area contributed by atoms with Crippen LogP contribution in [0.3, 0.4) is 0 Å². The molecule has 6 heterocycles. The summed E-state index contributed by atoms with van der Waals surface area (Å²) in [5.41, 5.74) is 4.99. The molecule has 4 aliphatic heterocycles. The van der Waals surface area contributed by atoms with Gasteiger partial charge in [-0.2, -0.15) is 20.3 Å². The van der Waals surface area contributed by atoms with Crippen LogP contribution in [0.1, 0.15) is 82.7 Å². The highest BCUT2D eigenvalue weighted by Gasteiger charge is 2.50. The molecule has 2 aromatic heterocycles. The minimum absolute atomic E-state index is 0.127. The number of fused-ring (bicyclic) bond motifs is 5. The maximum atomic E-state index is 14.6. The molecule has 1 amide bonds. The van der Waals surface area contributed by atoms with E-state index in [9.17, 15) is 14.4 Å². The molecular weight excluding hydrogens is 599 g/mol. The lowest BCUT2D eigenvalue weighted by atomic mass is 9.73. The largest absolute Gasteiger partial charge is 0.461 e. The van der Waals surface area contributed by atoms with Gasteiger partial charge in [-0.1, -0.05) is 12.1 Å². The Bertz CT molecular complexity index is 1770. The van der Waals surface area contributed by atoms with Gasteiger partial charge in [0.1, 0.15) is 24.2 Å². The Labute approximate surface area is 274 Å². The second kappa shape index (κ2) is 11.6. The molecule has 0 unspecified atom stereocenters. The Balaban J connectivity index is 1.17. The Morgan fingerprint density at radius 2 is 2.09 bits per heavy atom. The van der Waals surface area contributed by atoms with Gasteiger partial charge < -0.3 is 19.3 Å². The van der Waals surface area contributed by atoms with Crippen LogP contribution >= 0.6 is 0 Å². The number of carbonyl (C=O) groups excluding carboxylic acids is 1. The number of benzene rings is 1. The number of aromatic nitrogens is 4. The van der Waals surface area contributed by atoms with Crippen LogP contribution in [-0.2, 0) is 42.9 Å². The summed E-state index contributed by atoms with van der Waals surface area (Å²) in [6.07, 6.45) is 5.57. The van der Waals surface area contributed by atoms with E-state index in [4.69, 9.17) is 19.4 Å². The molecule has 3 atom stereocenters. The van der Waals surface area contributed by atoms with Crippen LogP contribution in [0.2, 0.25) is 0 Å². The number of hydrogen-bond donors (Lipinski definition) is 0. The third-order valence-corrected chi connectivity index (χ3v) is 10.9. The number of nitriles is 1. The second-order valence-corrected chi connectivity index (χ2v) is 14.1. The van der Waals surface area contributed by atoms with Crippen LogP contribution < -0.4 is 9.64 Å².